The lowest BCUT2D eigenvalue weighted by atomic mass is 9.89. The van der Waals surface area contributed by atoms with Gasteiger partial charge < -0.3 is 14.6 Å². The maximum atomic E-state index is 14.1. The lowest BCUT2D eigenvalue weighted by Gasteiger charge is -2.40. The molecule has 3 heterocycles. The van der Waals surface area contributed by atoms with Crippen molar-refractivity contribution in [1.82, 2.24) is 19.9 Å². The number of anilines is 1. The van der Waals surface area contributed by atoms with Crippen LogP contribution in [0.25, 0.3) is 22.5 Å². The first-order chi connectivity index (χ1) is 16.1. The second kappa shape index (κ2) is 8.97. The Morgan fingerprint density at radius 3 is 2.82 bits per heavy atom. The number of fused-ring (bicyclic) bond motifs is 1. The number of hydrogen-bond acceptors (Lipinski definition) is 6. The number of amides is 1. The maximum absolute atomic E-state index is 14.1. The van der Waals surface area contributed by atoms with Crippen LogP contribution in [0.2, 0.25) is 0 Å². The molecule has 33 heavy (non-hydrogen) atoms. The highest BCUT2D eigenvalue weighted by Gasteiger charge is 2.33. The fourth-order valence-electron chi connectivity index (χ4n) is 4.43. The van der Waals surface area contributed by atoms with Gasteiger partial charge in [0.05, 0.1) is 11.6 Å². The van der Waals surface area contributed by atoms with Gasteiger partial charge in [0.25, 0.3) is 11.9 Å². The van der Waals surface area contributed by atoms with Gasteiger partial charge in [-0.25, -0.2) is 14.4 Å². The topological polar surface area (TPSA) is 84.2 Å². The standard InChI is InChI=1S/C25H24FN5O2/c1-16-6-4-13-31(21(16)15-29-25-30-20-7-2-3-8-22(20)33-25)24(32)18-10-9-17(26)14-19(18)23-27-11-5-12-28-23/h2-3,5,7-12,14,16,21H,4,6,13,15H2,1H3,(H,29,30). The van der Waals surface area contributed by atoms with E-state index in [4.69, 9.17) is 4.42 Å². The van der Waals surface area contributed by atoms with Gasteiger partial charge in [0.2, 0.25) is 0 Å². The Hall–Kier alpha value is -3.81. The van der Waals surface area contributed by atoms with E-state index < -0.39 is 5.82 Å². The molecule has 0 bridgehead atoms. The third kappa shape index (κ3) is 4.28. The van der Waals surface area contributed by atoms with Crippen LogP contribution in [-0.4, -0.2) is 44.9 Å². The zero-order valence-corrected chi connectivity index (χ0v) is 18.2. The quantitative estimate of drug-likeness (QED) is 0.476. The van der Waals surface area contributed by atoms with Crippen LogP contribution in [0.15, 0.2) is 65.3 Å². The molecule has 0 aliphatic carbocycles. The Bertz CT molecular complexity index is 1240. The molecule has 168 valence electrons. The fourth-order valence-corrected chi connectivity index (χ4v) is 4.43. The Morgan fingerprint density at radius 2 is 2.00 bits per heavy atom. The predicted molar refractivity (Wildman–Crippen MR) is 123 cm³/mol. The number of hydrogen-bond donors (Lipinski definition) is 1. The molecular formula is C25H24FN5O2. The second-order valence-electron chi connectivity index (χ2n) is 8.32. The zero-order chi connectivity index (χ0) is 22.8. The smallest absolute Gasteiger partial charge is 0.295 e. The molecule has 2 unspecified atom stereocenters. The fraction of sp³-hybridized carbons (Fsp3) is 0.280. The minimum absolute atomic E-state index is 0.0733. The van der Waals surface area contributed by atoms with E-state index in [2.05, 4.69) is 27.2 Å². The monoisotopic (exact) mass is 445 g/mol. The lowest BCUT2D eigenvalue weighted by Crippen LogP contribution is -2.51. The van der Waals surface area contributed by atoms with Crippen molar-refractivity contribution in [1.29, 1.82) is 0 Å². The first-order valence-corrected chi connectivity index (χ1v) is 11.1. The van der Waals surface area contributed by atoms with Crippen molar-refractivity contribution in [3.8, 4) is 11.4 Å². The highest BCUT2D eigenvalue weighted by Crippen LogP contribution is 2.29. The summed E-state index contributed by atoms with van der Waals surface area (Å²) in [6, 6.07) is 13.8. The van der Waals surface area contributed by atoms with E-state index in [9.17, 15) is 9.18 Å². The van der Waals surface area contributed by atoms with E-state index in [-0.39, 0.29) is 17.9 Å². The molecule has 4 aromatic rings. The number of carbonyl (C=O) groups is 1. The summed E-state index contributed by atoms with van der Waals surface area (Å²) < 4.78 is 19.8. The number of para-hydroxylation sites is 2. The summed E-state index contributed by atoms with van der Waals surface area (Å²) in [5.74, 6) is 0.00608. The minimum atomic E-state index is -0.435. The summed E-state index contributed by atoms with van der Waals surface area (Å²) in [6.07, 6.45) is 5.08. The molecule has 0 radical (unpaired) electrons. The van der Waals surface area contributed by atoms with Crippen molar-refractivity contribution < 1.29 is 13.6 Å². The normalized spacial score (nSPS) is 18.4. The van der Waals surface area contributed by atoms with Crippen LogP contribution in [0.4, 0.5) is 10.4 Å². The Kier molecular flexibility index (Phi) is 5.73. The van der Waals surface area contributed by atoms with Gasteiger partial charge in [-0.3, -0.25) is 4.79 Å². The van der Waals surface area contributed by atoms with Crippen molar-refractivity contribution in [2.75, 3.05) is 18.4 Å². The van der Waals surface area contributed by atoms with E-state index in [1.54, 1.807) is 18.5 Å². The zero-order valence-electron chi connectivity index (χ0n) is 18.2. The molecular weight excluding hydrogens is 421 g/mol. The number of likely N-dealkylation sites (tertiary alicyclic amines) is 1. The lowest BCUT2D eigenvalue weighted by molar-refractivity contribution is 0.0540. The molecule has 2 atom stereocenters. The molecule has 2 aromatic carbocycles. The first kappa shape index (κ1) is 21.1. The van der Waals surface area contributed by atoms with Crippen LogP contribution in [0, 0.1) is 11.7 Å². The molecule has 1 aliphatic heterocycles. The van der Waals surface area contributed by atoms with Crippen molar-refractivity contribution in [2.24, 2.45) is 5.92 Å². The highest BCUT2D eigenvalue weighted by atomic mass is 19.1. The van der Waals surface area contributed by atoms with Gasteiger partial charge in [0, 0.05) is 31.0 Å². The number of rotatable bonds is 5. The van der Waals surface area contributed by atoms with Gasteiger partial charge in [-0.1, -0.05) is 19.1 Å². The molecule has 1 saturated heterocycles. The van der Waals surface area contributed by atoms with Crippen molar-refractivity contribution in [3.05, 3.63) is 72.3 Å². The summed E-state index contributed by atoms with van der Waals surface area (Å²) >= 11 is 0. The third-order valence-electron chi connectivity index (χ3n) is 6.15. The largest absolute Gasteiger partial charge is 0.424 e. The number of oxazole rings is 1. The number of aromatic nitrogens is 3. The van der Waals surface area contributed by atoms with Crippen molar-refractivity contribution in [2.45, 2.75) is 25.8 Å². The van der Waals surface area contributed by atoms with E-state index in [0.29, 0.717) is 41.6 Å². The van der Waals surface area contributed by atoms with Gasteiger partial charge in [0.15, 0.2) is 11.4 Å². The van der Waals surface area contributed by atoms with E-state index in [1.807, 2.05) is 29.2 Å². The van der Waals surface area contributed by atoms with Gasteiger partial charge in [-0.15, -0.1) is 0 Å². The number of carbonyl (C=O) groups excluding carboxylic acids is 1. The summed E-state index contributed by atoms with van der Waals surface area (Å²) in [7, 11) is 0. The summed E-state index contributed by atoms with van der Waals surface area (Å²) in [4.78, 5) is 28.5. The highest BCUT2D eigenvalue weighted by molar-refractivity contribution is 6.00. The van der Waals surface area contributed by atoms with E-state index >= 15 is 0 Å². The minimum Gasteiger partial charge on any atom is -0.424 e. The summed E-state index contributed by atoms with van der Waals surface area (Å²) in [6.45, 7) is 3.26. The maximum Gasteiger partial charge on any atom is 0.295 e. The van der Waals surface area contributed by atoms with Gasteiger partial charge in [-0.05, 0) is 55.2 Å². The average molecular weight is 445 g/mol. The van der Waals surface area contributed by atoms with Crippen LogP contribution >= 0.6 is 0 Å². The molecule has 1 N–H and O–H groups in total. The summed E-state index contributed by atoms with van der Waals surface area (Å²) in [5.41, 5.74) is 2.28. The molecule has 1 fully saturated rings. The number of benzene rings is 2. The molecule has 0 spiro atoms. The number of piperidine rings is 1. The van der Waals surface area contributed by atoms with Crippen LogP contribution in [-0.2, 0) is 0 Å². The van der Waals surface area contributed by atoms with Gasteiger partial charge in [0.1, 0.15) is 11.3 Å². The summed E-state index contributed by atoms with van der Waals surface area (Å²) in [5, 5.41) is 3.27. The number of nitrogens with zero attached hydrogens (tertiary/aromatic N) is 4. The van der Waals surface area contributed by atoms with Crippen LogP contribution in [0.5, 0.6) is 0 Å². The predicted octanol–water partition coefficient (Wildman–Crippen LogP) is 4.78. The molecule has 1 amide bonds. The molecule has 7 nitrogen and oxygen atoms in total. The van der Waals surface area contributed by atoms with E-state index in [0.717, 1.165) is 18.4 Å². The number of nitrogens with one attached hydrogen (secondary N) is 1. The SMILES string of the molecule is CC1CCCN(C(=O)c2ccc(F)cc2-c2ncccn2)C1CNc1nc2ccccc2o1. The average Bonchev–Trinajstić information content (AvgIpc) is 3.26. The van der Waals surface area contributed by atoms with Crippen LogP contribution < -0.4 is 5.32 Å². The molecule has 2 aromatic heterocycles. The van der Waals surface area contributed by atoms with Gasteiger partial charge in [-0.2, -0.15) is 4.98 Å². The third-order valence-corrected chi connectivity index (χ3v) is 6.15. The van der Waals surface area contributed by atoms with E-state index in [1.165, 1.54) is 18.2 Å². The number of halogens is 1. The first-order valence-electron chi connectivity index (χ1n) is 11.1. The van der Waals surface area contributed by atoms with Crippen LogP contribution in [0.1, 0.15) is 30.1 Å². The molecule has 0 saturated carbocycles. The Labute approximate surface area is 190 Å². The molecule has 8 heteroatoms. The van der Waals surface area contributed by atoms with Crippen molar-refractivity contribution in [3.63, 3.8) is 0 Å². The molecule has 1 aliphatic rings. The van der Waals surface area contributed by atoms with Gasteiger partial charge >= 0.3 is 0 Å². The second-order valence-corrected chi connectivity index (χ2v) is 8.32. The van der Waals surface area contributed by atoms with Crippen LogP contribution in [0.3, 0.4) is 0 Å². The Morgan fingerprint density at radius 1 is 1.18 bits per heavy atom. The molecule has 5 rings (SSSR count). The van der Waals surface area contributed by atoms with Crippen molar-refractivity contribution >= 4 is 23.0 Å². The Balaban J connectivity index is 1.41.